The minimum absolute atomic E-state index is 0.0703. The Hall–Kier alpha value is -2.38. The van der Waals surface area contributed by atoms with E-state index >= 15 is 0 Å². The molecule has 0 radical (unpaired) electrons. The molecular formula is C16H14ClN3O3S. The van der Waals surface area contributed by atoms with Gasteiger partial charge in [0.2, 0.25) is 0 Å². The molecule has 0 heterocycles. The second-order valence-electron chi connectivity index (χ2n) is 4.76. The first-order valence-electron chi connectivity index (χ1n) is 6.96. The summed E-state index contributed by atoms with van der Waals surface area (Å²) < 4.78 is 0. The van der Waals surface area contributed by atoms with Crippen LogP contribution in [0.3, 0.4) is 0 Å². The summed E-state index contributed by atoms with van der Waals surface area (Å²) in [6, 6.07) is 13.3. The highest BCUT2D eigenvalue weighted by Crippen LogP contribution is 2.24. The topological polar surface area (TPSA) is 84.6 Å². The molecule has 24 heavy (non-hydrogen) atoms. The molecule has 0 aliphatic heterocycles. The van der Waals surface area contributed by atoms with Crippen molar-refractivity contribution in [1.29, 1.82) is 0 Å². The standard InChI is InChI=1S/C16H14ClN3O3S/c1-11(24-14-8-6-13(17)7-9-14)16(21)19-18-10-12-4-2-3-5-15(12)20(22)23/h2-11H,1H3,(H,19,21)/b18-10-/t11-/m0/s1. The number of hydrazone groups is 1. The van der Waals surface area contributed by atoms with Crippen LogP contribution in [0, 0.1) is 10.1 Å². The van der Waals surface area contributed by atoms with Gasteiger partial charge in [-0.2, -0.15) is 5.10 Å². The Morgan fingerprint density at radius 1 is 1.29 bits per heavy atom. The third-order valence-electron chi connectivity index (χ3n) is 3.01. The Morgan fingerprint density at radius 2 is 1.96 bits per heavy atom. The van der Waals surface area contributed by atoms with E-state index < -0.39 is 4.92 Å². The van der Waals surface area contributed by atoms with Gasteiger partial charge < -0.3 is 0 Å². The summed E-state index contributed by atoms with van der Waals surface area (Å²) in [7, 11) is 0. The number of carbonyl (C=O) groups excluding carboxylic acids is 1. The lowest BCUT2D eigenvalue weighted by Crippen LogP contribution is -2.26. The fraction of sp³-hybridized carbons (Fsp3) is 0.125. The number of nitro groups is 1. The summed E-state index contributed by atoms with van der Waals surface area (Å²) >= 11 is 7.18. The van der Waals surface area contributed by atoms with Crippen molar-refractivity contribution in [3.8, 4) is 0 Å². The molecule has 1 N–H and O–H groups in total. The van der Waals surface area contributed by atoms with Crippen LogP contribution in [0.25, 0.3) is 0 Å². The van der Waals surface area contributed by atoms with Crippen molar-refractivity contribution < 1.29 is 9.72 Å². The van der Waals surface area contributed by atoms with E-state index in [0.29, 0.717) is 10.6 Å². The van der Waals surface area contributed by atoms with E-state index in [4.69, 9.17) is 11.6 Å². The van der Waals surface area contributed by atoms with E-state index in [2.05, 4.69) is 10.5 Å². The quantitative estimate of drug-likeness (QED) is 0.365. The lowest BCUT2D eigenvalue weighted by atomic mass is 10.2. The number of carbonyl (C=O) groups is 1. The molecule has 0 saturated carbocycles. The molecule has 0 spiro atoms. The van der Waals surface area contributed by atoms with E-state index in [1.54, 1.807) is 37.3 Å². The monoisotopic (exact) mass is 363 g/mol. The number of rotatable bonds is 6. The maximum absolute atomic E-state index is 12.0. The van der Waals surface area contributed by atoms with Gasteiger partial charge in [0.25, 0.3) is 11.6 Å². The van der Waals surface area contributed by atoms with Crippen molar-refractivity contribution in [2.45, 2.75) is 17.1 Å². The zero-order chi connectivity index (χ0) is 17.5. The van der Waals surface area contributed by atoms with Gasteiger partial charge in [-0.3, -0.25) is 14.9 Å². The van der Waals surface area contributed by atoms with Crippen LogP contribution in [-0.4, -0.2) is 22.3 Å². The van der Waals surface area contributed by atoms with Crippen LogP contribution in [0.5, 0.6) is 0 Å². The molecule has 2 aromatic carbocycles. The summed E-state index contributed by atoms with van der Waals surface area (Å²) in [5, 5.41) is 14.9. The molecule has 0 aliphatic carbocycles. The van der Waals surface area contributed by atoms with Gasteiger partial charge in [0.05, 0.1) is 22.0 Å². The molecule has 2 rings (SSSR count). The number of nitro benzene ring substituents is 1. The highest BCUT2D eigenvalue weighted by Gasteiger charge is 2.14. The Labute approximate surface area is 148 Å². The van der Waals surface area contributed by atoms with E-state index in [-0.39, 0.29) is 16.8 Å². The molecule has 2 aromatic rings. The third kappa shape index (κ3) is 5.07. The van der Waals surface area contributed by atoms with Crippen LogP contribution in [0.2, 0.25) is 5.02 Å². The molecule has 0 aliphatic rings. The fourth-order valence-corrected chi connectivity index (χ4v) is 2.78. The smallest absolute Gasteiger partial charge is 0.272 e. The SMILES string of the molecule is C[C@H](Sc1ccc(Cl)cc1)C(=O)N/N=C\c1ccccc1[N+](=O)[O-]. The predicted octanol–water partition coefficient (Wildman–Crippen LogP) is 3.88. The van der Waals surface area contributed by atoms with Crippen molar-refractivity contribution in [1.82, 2.24) is 5.43 Å². The number of hydrogen-bond donors (Lipinski definition) is 1. The molecule has 0 fully saturated rings. The first kappa shape index (κ1) is 18.0. The highest BCUT2D eigenvalue weighted by atomic mass is 35.5. The second kappa shape index (κ2) is 8.47. The molecule has 8 heteroatoms. The third-order valence-corrected chi connectivity index (χ3v) is 4.37. The van der Waals surface area contributed by atoms with Crippen LogP contribution in [0.4, 0.5) is 5.69 Å². The minimum Gasteiger partial charge on any atom is -0.272 e. The van der Waals surface area contributed by atoms with Crippen LogP contribution in [0.15, 0.2) is 58.5 Å². The lowest BCUT2D eigenvalue weighted by molar-refractivity contribution is -0.385. The van der Waals surface area contributed by atoms with Crippen molar-refractivity contribution in [3.05, 3.63) is 69.2 Å². The number of thioether (sulfide) groups is 1. The number of amides is 1. The Bertz CT molecular complexity index is 765. The Morgan fingerprint density at radius 3 is 2.62 bits per heavy atom. The van der Waals surface area contributed by atoms with Crippen molar-refractivity contribution in [3.63, 3.8) is 0 Å². The van der Waals surface area contributed by atoms with Gasteiger partial charge in [-0.15, -0.1) is 11.8 Å². The number of para-hydroxylation sites is 1. The van der Waals surface area contributed by atoms with Gasteiger partial charge in [-0.25, -0.2) is 5.43 Å². The van der Waals surface area contributed by atoms with Crippen molar-refractivity contribution >= 4 is 41.2 Å². The number of hydrogen-bond acceptors (Lipinski definition) is 5. The maximum Gasteiger partial charge on any atom is 0.278 e. The van der Waals surface area contributed by atoms with E-state index in [1.165, 1.54) is 24.0 Å². The predicted molar refractivity (Wildman–Crippen MR) is 95.6 cm³/mol. The minimum atomic E-state index is -0.498. The number of benzene rings is 2. The number of halogens is 1. The molecule has 0 saturated heterocycles. The summed E-state index contributed by atoms with van der Waals surface area (Å²) in [4.78, 5) is 23.3. The van der Waals surface area contributed by atoms with Crippen LogP contribution in [-0.2, 0) is 4.79 Å². The molecule has 6 nitrogen and oxygen atoms in total. The van der Waals surface area contributed by atoms with Gasteiger partial charge in [0, 0.05) is 16.0 Å². The number of nitrogens with zero attached hydrogens (tertiary/aromatic N) is 2. The Kier molecular flexibility index (Phi) is 6.34. The van der Waals surface area contributed by atoms with Crippen LogP contribution >= 0.6 is 23.4 Å². The number of nitrogens with one attached hydrogen (secondary N) is 1. The average Bonchev–Trinajstić information content (AvgIpc) is 2.57. The first-order valence-corrected chi connectivity index (χ1v) is 8.21. The Balaban J connectivity index is 1.95. The van der Waals surface area contributed by atoms with Gasteiger partial charge >= 0.3 is 0 Å². The molecule has 0 bridgehead atoms. The van der Waals surface area contributed by atoms with Gasteiger partial charge in [-0.05, 0) is 37.3 Å². The molecule has 124 valence electrons. The summed E-state index contributed by atoms with van der Waals surface area (Å²) in [5.74, 6) is -0.301. The van der Waals surface area contributed by atoms with E-state index in [9.17, 15) is 14.9 Å². The van der Waals surface area contributed by atoms with Gasteiger partial charge in [0.15, 0.2) is 0 Å². The zero-order valence-electron chi connectivity index (χ0n) is 12.7. The lowest BCUT2D eigenvalue weighted by Gasteiger charge is -2.09. The van der Waals surface area contributed by atoms with E-state index in [1.807, 2.05) is 12.1 Å². The van der Waals surface area contributed by atoms with Crippen LogP contribution in [0.1, 0.15) is 12.5 Å². The summed E-state index contributed by atoms with van der Waals surface area (Å²) in [6.07, 6.45) is 1.26. The molecule has 1 atom stereocenters. The molecule has 1 amide bonds. The van der Waals surface area contributed by atoms with Crippen LogP contribution < -0.4 is 5.43 Å². The van der Waals surface area contributed by atoms with Crippen molar-refractivity contribution in [2.24, 2.45) is 5.10 Å². The second-order valence-corrected chi connectivity index (χ2v) is 6.61. The zero-order valence-corrected chi connectivity index (χ0v) is 14.3. The van der Waals surface area contributed by atoms with E-state index in [0.717, 1.165) is 4.90 Å². The highest BCUT2D eigenvalue weighted by molar-refractivity contribution is 8.00. The first-order chi connectivity index (χ1) is 11.5. The molecule has 0 aromatic heterocycles. The average molecular weight is 364 g/mol. The normalized spacial score (nSPS) is 12.1. The fourth-order valence-electron chi connectivity index (χ4n) is 1.79. The van der Waals surface area contributed by atoms with Gasteiger partial charge in [0.1, 0.15) is 0 Å². The van der Waals surface area contributed by atoms with Gasteiger partial charge in [-0.1, -0.05) is 23.7 Å². The molecular weight excluding hydrogens is 350 g/mol. The maximum atomic E-state index is 12.0. The summed E-state index contributed by atoms with van der Waals surface area (Å²) in [6.45, 7) is 1.75. The largest absolute Gasteiger partial charge is 0.278 e. The molecule has 0 unspecified atom stereocenters. The van der Waals surface area contributed by atoms with Crippen molar-refractivity contribution in [2.75, 3.05) is 0 Å². The summed E-state index contributed by atoms with van der Waals surface area (Å²) in [5.41, 5.74) is 2.64.